The van der Waals surface area contributed by atoms with Crippen molar-refractivity contribution in [2.24, 2.45) is 5.92 Å². The minimum absolute atomic E-state index is 0.153. The summed E-state index contributed by atoms with van der Waals surface area (Å²) in [6.45, 7) is 1.84. The largest absolute Gasteiger partial charge is 0.342 e. The van der Waals surface area contributed by atoms with Gasteiger partial charge in [-0.1, -0.05) is 11.6 Å². The third kappa shape index (κ3) is 3.77. The fourth-order valence-electron chi connectivity index (χ4n) is 2.10. The van der Waals surface area contributed by atoms with Crippen molar-refractivity contribution >= 4 is 38.9 Å². The van der Waals surface area contributed by atoms with Crippen LogP contribution in [0.5, 0.6) is 0 Å². The van der Waals surface area contributed by atoms with Crippen LogP contribution in [0, 0.1) is 5.92 Å². The SMILES string of the molecule is CC(C1CC1)N(C)C(=O)CN(C)S(=O)(=O)c1ccc(Cl)s1. The number of likely N-dealkylation sites (N-methyl/N-ethyl adjacent to an activating group) is 2. The van der Waals surface area contributed by atoms with E-state index in [4.69, 9.17) is 11.6 Å². The van der Waals surface area contributed by atoms with Crippen molar-refractivity contribution in [1.82, 2.24) is 9.21 Å². The molecule has 0 spiro atoms. The molecular weight excluding hydrogens is 332 g/mol. The number of nitrogens with zero attached hydrogens (tertiary/aromatic N) is 2. The fourth-order valence-corrected chi connectivity index (χ4v) is 4.91. The molecule has 1 aliphatic rings. The highest BCUT2D eigenvalue weighted by Gasteiger charge is 2.33. The highest BCUT2D eigenvalue weighted by atomic mass is 35.5. The van der Waals surface area contributed by atoms with Crippen LogP contribution in [-0.4, -0.2) is 50.2 Å². The molecular formula is C13H19ClN2O3S2. The van der Waals surface area contributed by atoms with Gasteiger partial charge >= 0.3 is 0 Å². The fraction of sp³-hybridized carbons (Fsp3) is 0.615. The Labute approximate surface area is 134 Å². The number of rotatable bonds is 6. The molecule has 0 saturated heterocycles. The molecule has 118 valence electrons. The first-order valence-corrected chi connectivity index (χ1v) is 9.34. The molecule has 8 heteroatoms. The third-order valence-corrected chi connectivity index (χ3v) is 7.38. The lowest BCUT2D eigenvalue weighted by Crippen LogP contribution is -2.43. The number of carbonyl (C=O) groups excluding carboxylic acids is 1. The molecule has 1 aliphatic carbocycles. The Kier molecular flexibility index (Phi) is 4.97. The second-order valence-corrected chi connectivity index (χ2v) is 9.39. The van der Waals surface area contributed by atoms with Gasteiger partial charge in [0.1, 0.15) is 4.21 Å². The van der Waals surface area contributed by atoms with E-state index in [1.165, 1.54) is 19.2 Å². The lowest BCUT2D eigenvalue weighted by atomic mass is 10.2. The zero-order chi connectivity index (χ0) is 15.8. The van der Waals surface area contributed by atoms with Crippen molar-refractivity contribution in [2.45, 2.75) is 30.0 Å². The van der Waals surface area contributed by atoms with Gasteiger partial charge in [-0.15, -0.1) is 11.3 Å². The van der Waals surface area contributed by atoms with E-state index in [-0.39, 0.29) is 22.7 Å². The minimum atomic E-state index is -3.66. The Bertz CT molecular complexity index is 625. The van der Waals surface area contributed by atoms with Gasteiger partial charge in [0.05, 0.1) is 10.9 Å². The van der Waals surface area contributed by atoms with Crippen LogP contribution in [-0.2, 0) is 14.8 Å². The zero-order valence-corrected chi connectivity index (χ0v) is 14.6. The first-order chi connectivity index (χ1) is 9.73. The van der Waals surface area contributed by atoms with Crippen LogP contribution in [0.15, 0.2) is 16.3 Å². The van der Waals surface area contributed by atoms with Crippen LogP contribution < -0.4 is 0 Å². The van der Waals surface area contributed by atoms with Crippen LogP contribution in [0.1, 0.15) is 19.8 Å². The van der Waals surface area contributed by atoms with Gasteiger partial charge in [0.2, 0.25) is 5.91 Å². The summed E-state index contributed by atoms with van der Waals surface area (Å²) in [5.74, 6) is 0.361. The van der Waals surface area contributed by atoms with Gasteiger partial charge in [-0.25, -0.2) is 8.42 Å². The molecule has 21 heavy (non-hydrogen) atoms. The van der Waals surface area contributed by atoms with Crippen LogP contribution in [0.4, 0.5) is 0 Å². The number of hydrogen-bond donors (Lipinski definition) is 0. The molecule has 1 atom stereocenters. The maximum Gasteiger partial charge on any atom is 0.252 e. The van der Waals surface area contributed by atoms with Crippen LogP contribution in [0.25, 0.3) is 0 Å². The normalized spacial score (nSPS) is 17.0. The standard InChI is InChI=1S/C13H19ClN2O3S2/c1-9(10-4-5-10)16(3)12(17)8-15(2)21(18,19)13-7-6-11(14)20-13/h6-7,9-10H,4-5,8H2,1-3H3. The first kappa shape index (κ1) is 16.7. The average molecular weight is 351 g/mol. The van der Waals surface area contributed by atoms with Gasteiger partial charge < -0.3 is 4.90 Å². The average Bonchev–Trinajstić information content (AvgIpc) is 3.18. The van der Waals surface area contributed by atoms with E-state index in [1.807, 2.05) is 6.92 Å². The van der Waals surface area contributed by atoms with E-state index in [0.717, 1.165) is 28.5 Å². The molecule has 0 bridgehead atoms. The summed E-state index contributed by atoms with van der Waals surface area (Å²) < 4.78 is 26.3. The molecule has 0 aliphatic heterocycles. The van der Waals surface area contributed by atoms with Gasteiger partial charge in [0.25, 0.3) is 10.0 Å². The molecule has 1 heterocycles. The molecule has 1 amide bonds. The van der Waals surface area contributed by atoms with E-state index in [2.05, 4.69) is 0 Å². The summed E-state index contributed by atoms with van der Waals surface area (Å²) in [6, 6.07) is 3.15. The van der Waals surface area contributed by atoms with Crippen LogP contribution in [0.2, 0.25) is 4.34 Å². The van der Waals surface area contributed by atoms with Gasteiger partial charge in [-0.3, -0.25) is 4.79 Å². The Balaban J connectivity index is 2.03. The highest BCUT2D eigenvalue weighted by Crippen LogP contribution is 2.34. The molecule has 1 aromatic rings. The molecule has 1 fully saturated rings. The Morgan fingerprint density at radius 3 is 2.52 bits per heavy atom. The van der Waals surface area contributed by atoms with Crippen LogP contribution in [0.3, 0.4) is 0 Å². The van der Waals surface area contributed by atoms with Gasteiger partial charge in [0, 0.05) is 20.1 Å². The maximum absolute atomic E-state index is 12.3. The predicted octanol–water partition coefficient (Wildman–Crippen LogP) is 2.28. The van der Waals surface area contributed by atoms with Crippen molar-refractivity contribution in [3.8, 4) is 0 Å². The Morgan fingerprint density at radius 1 is 1.43 bits per heavy atom. The highest BCUT2D eigenvalue weighted by molar-refractivity contribution is 7.91. The van der Waals surface area contributed by atoms with Crippen molar-refractivity contribution < 1.29 is 13.2 Å². The monoisotopic (exact) mass is 350 g/mol. The van der Waals surface area contributed by atoms with Crippen molar-refractivity contribution in [3.05, 3.63) is 16.5 Å². The quantitative estimate of drug-likeness (QED) is 0.790. The van der Waals surface area contributed by atoms with E-state index in [1.54, 1.807) is 11.9 Å². The van der Waals surface area contributed by atoms with E-state index in [0.29, 0.717) is 10.3 Å². The summed E-state index contributed by atoms with van der Waals surface area (Å²) in [6.07, 6.45) is 2.28. The Morgan fingerprint density at radius 2 is 2.05 bits per heavy atom. The predicted molar refractivity (Wildman–Crippen MR) is 84.1 cm³/mol. The lowest BCUT2D eigenvalue weighted by molar-refractivity contribution is -0.132. The van der Waals surface area contributed by atoms with Crippen LogP contribution >= 0.6 is 22.9 Å². The smallest absolute Gasteiger partial charge is 0.252 e. The maximum atomic E-state index is 12.3. The molecule has 0 aromatic carbocycles. The van der Waals surface area contributed by atoms with Gasteiger partial charge in [0.15, 0.2) is 0 Å². The third-order valence-electron chi connectivity index (χ3n) is 3.88. The number of halogens is 1. The summed E-state index contributed by atoms with van der Waals surface area (Å²) >= 11 is 6.76. The molecule has 1 saturated carbocycles. The van der Waals surface area contributed by atoms with Crippen molar-refractivity contribution in [3.63, 3.8) is 0 Å². The Hall–Kier alpha value is -0.630. The lowest BCUT2D eigenvalue weighted by Gasteiger charge is -2.27. The molecule has 0 radical (unpaired) electrons. The number of amides is 1. The molecule has 1 aromatic heterocycles. The van der Waals surface area contributed by atoms with Gasteiger partial charge in [-0.2, -0.15) is 4.31 Å². The van der Waals surface area contributed by atoms with Gasteiger partial charge in [-0.05, 0) is 37.8 Å². The van der Waals surface area contributed by atoms with Crippen molar-refractivity contribution in [2.75, 3.05) is 20.6 Å². The first-order valence-electron chi connectivity index (χ1n) is 6.71. The summed E-state index contributed by atoms with van der Waals surface area (Å²) in [5.41, 5.74) is 0. The number of thiophene rings is 1. The van der Waals surface area contributed by atoms with E-state index < -0.39 is 10.0 Å². The minimum Gasteiger partial charge on any atom is -0.342 e. The second kappa shape index (κ2) is 6.24. The van der Waals surface area contributed by atoms with E-state index >= 15 is 0 Å². The number of sulfonamides is 1. The molecule has 0 N–H and O–H groups in total. The zero-order valence-electron chi connectivity index (χ0n) is 12.2. The number of carbonyl (C=O) groups is 1. The molecule has 1 unspecified atom stereocenters. The summed E-state index contributed by atoms with van der Waals surface area (Å²) in [7, 11) is -0.514. The second-order valence-electron chi connectivity index (χ2n) is 5.40. The molecule has 5 nitrogen and oxygen atoms in total. The topological polar surface area (TPSA) is 57.7 Å². The number of hydrogen-bond acceptors (Lipinski definition) is 4. The van der Waals surface area contributed by atoms with E-state index in [9.17, 15) is 13.2 Å². The summed E-state index contributed by atoms with van der Waals surface area (Å²) in [4.78, 5) is 13.9. The van der Waals surface area contributed by atoms with Crippen molar-refractivity contribution in [1.29, 1.82) is 0 Å². The summed E-state index contributed by atoms with van der Waals surface area (Å²) in [5, 5.41) is 0. The molecule has 2 rings (SSSR count).